The van der Waals surface area contributed by atoms with Crippen LogP contribution in [-0.4, -0.2) is 39.1 Å². The highest BCUT2D eigenvalue weighted by molar-refractivity contribution is 7.91. The summed E-state index contributed by atoms with van der Waals surface area (Å²) in [6.45, 7) is 1.43. The van der Waals surface area contributed by atoms with E-state index >= 15 is 0 Å². The third-order valence-electron chi connectivity index (χ3n) is 3.92. The maximum absolute atomic E-state index is 11.4. The standard InChI is InChI=1S/C14H19NO3S/c16-19(17)8-6-12(10-19)15-9-14-13-4-2-1-3-11(13)5-7-18-14/h1-4,12,14-15H,5-10H2. The van der Waals surface area contributed by atoms with E-state index in [0.717, 1.165) is 19.4 Å². The molecule has 0 bridgehead atoms. The third-order valence-corrected chi connectivity index (χ3v) is 5.68. The lowest BCUT2D eigenvalue weighted by molar-refractivity contribution is 0.0411. The Balaban J connectivity index is 1.63. The number of ether oxygens (including phenoxy) is 1. The molecule has 3 rings (SSSR count). The van der Waals surface area contributed by atoms with Crippen molar-refractivity contribution in [3.8, 4) is 0 Å². The minimum Gasteiger partial charge on any atom is -0.372 e. The van der Waals surface area contributed by atoms with Gasteiger partial charge in [0.1, 0.15) is 0 Å². The van der Waals surface area contributed by atoms with Crippen LogP contribution in [-0.2, 0) is 21.0 Å². The first kappa shape index (κ1) is 13.1. The van der Waals surface area contributed by atoms with Crippen LogP contribution in [0, 0.1) is 0 Å². The Hall–Kier alpha value is -0.910. The Labute approximate surface area is 114 Å². The fraction of sp³-hybridized carbons (Fsp3) is 0.571. The minimum atomic E-state index is -2.81. The molecule has 1 fully saturated rings. The van der Waals surface area contributed by atoms with Gasteiger partial charge >= 0.3 is 0 Å². The molecular weight excluding hydrogens is 262 g/mol. The fourth-order valence-corrected chi connectivity index (χ4v) is 4.58. The van der Waals surface area contributed by atoms with Gasteiger partial charge in [0, 0.05) is 12.6 Å². The Morgan fingerprint density at radius 2 is 2.16 bits per heavy atom. The molecule has 0 aliphatic carbocycles. The lowest BCUT2D eigenvalue weighted by atomic mass is 9.97. The quantitative estimate of drug-likeness (QED) is 0.900. The maximum Gasteiger partial charge on any atom is 0.151 e. The van der Waals surface area contributed by atoms with Crippen LogP contribution < -0.4 is 5.32 Å². The van der Waals surface area contributed by atoms with Crippen LogP contribution in [0.3, 0.4) is 0 Å². The van der Waals surface area contributed by atoms with Crippen molar-refractivity contribution in [1.29, 1.82) is 0 Å². The minimum absolute atomic E-state index is 0.0493. The number of fused-ring (bicyclic) bond motifs is 1. The van der Waals surface area contributed by atoms with E-state index in [4.69, 9.17) is 4.74 Å². The highest BCUT2D eigenvalue weighted by Crippen LogP contribution is 2.26. The first-order valence-electron chi connectivity index (χ1n) is 6.77. The van der Waals surface area contributed by atoms with E-state index in [1.54, 1.807) is 0 Å². The second kappa shape index (κ2) is 5.23. The molecule has 0 amide bonds. The van der Waals surface area contributed by atoms with Gasteiger partial charge in [-0.2, -0.15) is 0 Å². The zero-order valence-electron chi connectivity index (χ0n) is 10.8. The van der Waals surface area contributed by atoms with Gasteiger partial charge in [0.15, 0.2) is 9.84 Å². The van der Waals surface area contributed by atoms with E-state index < -0.39 is 9.84 Å². The summed E-state index contributed by atoms with van der Waals surface area (Å²) in [6.07, 6.45) is 1.73. The number of benzene rings is 1. The average molecular weight is 281 g/mol. The van der Waals surface area contributed by atoms with Crippen LogP contribution in [0.4, 0.5) is 0 Å². The fourth-order valence-electron chi connectivity index (χ4n) is 2.88. The maximum atomic E-state index is 11.4. The molecule has 2 heterocycles. The molecule has 5 heteroatoms. The van der Waals surface area contributed by atoms with Gasteiger partial charge in [0.25, 0.3) is 0 Å². The second-order valence-corrected chi connectivity index (χ2v) is 7.55. The molecule has 1 aromatic rings. The van der Waals surface area contributed by atoms with E-state index in [1.807, 2.05) is 6.07 Å². The predicted molar refractivity (Wildman–Crippen MR) is 73.9 cm³/mol. The summed E-state index contributed by atoms with van der Waals surface area (Å²) < 4.78 is 28.6. The zero-order valence-corrected chi connectivity index (χ0v) is 11.7. The van der Waals surface area contributed by atoms with Gasteiger partial charge in [0.05, 0.1) is 24.2 Å². The Morgan fingerprint density at radius 1 is 1.32 bits per heavy atom. The van der Waals surface area contributed by atoms with Crippen molar-refractivity contribution in [3.63, 3.8) is 0 Å². The molecule has 4 nitrogen and oxygen atoms in total. The van der Waals surface area contributed by atoms with Gasteiger partial charge in [-0.25, -0.2) is 8.42 Å². The van der Waals surface area contributed by atoms with E-state index in [-0.39, 0.29) is 17.9 Å². The number of nitrogens with one attached hydrogen (secondary N) is 1. The average Bonchev–Trinajstić information content (AvgIpc) is 2.76. The SMILES string of the molecule is O=S1(=O)CCC(NCC2OCCc3ccccc32)C1. The number of hydrogen-bond donors (Lipinski definition) is 1. The summed E-state index contributed by atoms with van der Waals surface area (Å²) in [5.41, 5.74) is 2.58. The van der Waals surface area contributed by atoms with Crippen molar-refractivity contribution in [2.75, 3.05) is 24.7 Å². The van der Waals surface area contributed by atoms with E-state index in [9.17, 15) is 8.42 Å². The molecule has 1 aromatic carbocycles. The van der Waals surface area contributed by atoms with Crippen LogP contribution in [0.5, 0.6) is 0 Å². The van der Waals surface area contributed by atoms with Crippen LogP contribution >= 0.6 is 0 Å². The van der Waals surface area contributed by atoms with Crippen molar-refractivity contribution >= 4 is 9.84 Å². The summed E-state index contributed by atoms with van der Waals surface area (Å²) >= 11 is 0. The lowest BCUT2D eigenvalue weighted by Gasteiger charge is -2.27. The summed E-state index contributed by atoms with van der Waals surface area (Å²) in [7, 11) is -2.81. The first-order chi connectivity index (χ1) is 9.14. The molecule has 1 saturated heterocycles. The predicted octanol–water partition coefficient (Wildman–Crippen LogP) is 1.08. The molecule has 0 aromatic heterocycles. The molecule has 0 spiro atoms. The van der Waals surface area contributed by atoms with Gasteiger partial charge in [-0.3, -0.25) is 0 Å². The molecule has 1 N–H and O–H groups in total. The molecule has 2 aliphatic heterocycles. The van der Waals surface area contributed by atoms with Gasteiger partial charge < -0.3 is 10.1 Å². The van der Waals surface area contributed by atoms with Crippen molar-refractivity contribution in [2.24, 2.45) is 0 Å². The normalized spacial score (nSPS) is 29.1. The molecular formula is C14H19NO3S. The monoisotopic (exact) mass is 281 g/mol. The van der Waals surface area contributed by atoms with Crippen LogP contribution in [0.2, 0.25) is 0 Å². The number of sulfone groups is 1. The topological polar surface area (TPSA) is 55.4 Å². The van der Waals surface area contributed by atoms with Crippen molar-refractivity contribution < 1.29 is 13.2 Å². The molecule has 0 saturated carbocycles. The molecule has 19 heavy (non-hydrogen) atoms. The Kier molecular flexibility index (Phi) is 3.60. The van der Waals surface area contributed by atoms with Crippen molar-refractivity contribution in [1.82, 2.24) is 5.32 Å². The van der Waals surface area contributed by atoms with E-state index in [2.05, 4.69) is 23.5 Å². The van der Waals surface area contributed by atoms with E-state index in [0.29, 0.717) is 12.3 Å². The number of rotatable bonds is 3. The lowest BCUT2D eigenvalue weighted by Crippen LogP contribution is -2.35. The molecule has 2 unspecified atom stereocenters. The van der Waals surface area contributed by atoms with Crippen molar-refractivity contribution in [3.05, 3.63) is 35.4 Å². The molecule has 0 radical (unpaired) electrons. The summed E-state index contributed by atoms with van der Waals surface area (Å²) in [5, 5.41) is 3.34. The van der Waals surface area contributed by atoms with Gasteiger partial charge in [-0.1, -0.05) is 24.3 Å². The summed E-state index contributed by atoms with van der Waals surface area (Å²) in [6, 6.07) is 8.42. The third kappa shape index (κ3) is 2.99. The van der Waals surface area contributed by atoms with Crippen LogP contribution in [0.15, 0.2) is 24.3 Å². The molecule has 2 atom stereocenters. The molecule has 2 aliphatic rings. The Bertz CT molecular complexity index is 556. The second-order valence-electron chi connectivity index (χ2n) is 5.32. The first-order valence-corrected chi connectivity index (χ1v) is 8.59. The van der Waals surface area contributed by atoms with Crippen molar-refractivity contribution in [2.45, 2.75) is 25.0 Å². The smallest absolute Gasteiger partial charge is 0.151 e. The van der Waals surface area contributed by atoms with Gasteiger partial charge in [-0.15, -0.1) is 0 Å². The summed E-state index contributed by atoms with van der Waals surface area (Å²) in [4.78, 5) is 0. The van der Waals surface area contributed by atoms with Crippen LogP contribution in [0.1, 0.15) is 23.7 Å². The molecule has 104 valence electrons. The highest BCUT2D eigenvalue weighted by Gasteiger charge is 2.29. The van der Waals surface area contributed by atoms with Gasteiger partial charge in [-0.05, 0) is 24.0 Å². The van der Waals surface area contributed by atoms with Crippen LogP contribution in [0.25, 0.3) is 0 Å². The number of hydrogen-bond acceptors (Lipinski definition) is 4. The van der Waals surface area contributed by atoms with Gasteiger partial charge in [0.2, 0.25) is 0 Å². The van der Waals surface area contributed by atoms with E-state index in [1.165, 1.54) is 11.1 Å². The Morgan fingerprint density at radius 3 is 2.95 bits per heavy atom. The largest absolute Gasteiger partial charge is 0.372 e. The summed E-state index contributed by atoms with van der Waals surface area (Å²) in [5.74, 6) is 0.578. The zero-order chi connectivity index (χ0) is 13.3. The highest BCUT2D eigenvalue weighted by atomic mass is 32.2.